The van der Waals surface area contributed by atoms with Gasteiger partial charge in [0.25, 0.3) is 0 Å². The van der Waals surface area contributed by atoms with Gasteiger partial charge < -0.3 is 0 Å². The number of azo groups is 1. The summed E-state index contributed by atoms with van der Waals surface area (Å²) in [6.45, 7) is 2.10. The van der Waals surface area contributed by atoms with Crippen molar-refractivity contribution < 1.29 is 19.0 Å². The van der Waals surface area contributed by atoms with Crippen molar-refractivity contribution >= 4 is 41.6 Å². The predicted octanol–water partition coefficient (Wildman–Crippen LogP) is 5.86. The van der Waals surface area contributed by atoms with Gasteiger partial charge >= 0.3 is 221 Å². The van der Waals surface area contributed by atoms with Crippen molar-refractivity contribution in [1.82, 2.24) is 4.98 Å². The van der Waals surface area contributed by atoms with E-state index in [4.69, 9.17) is 19.2 Å². The van der Waals surface area contributed by atoms with E-state index in [1.807, 2.05) is 48.5 Å². The molecule has 0 unspecified atom stereocenters. The summed E-state index contributed by atoms with van der Waals surface area (Å²) in [6, 6.07) is 22.2. The summed E-state index contributed by atoms with van der Waals surface area (Å²) >= 11 is -0.242. The average Bonchev–Trinajstić information content (AvgIpc) is 3.35. The van der Waals surface area contributed by atoms with Crippen LogP contribution in [-0.2, 0) is 4.74 Å². The molecular formula is C27H25N5O4Se. The molecule has 9 nitrogen and oxygen atoms in total. The zero-order valence-electron chi connectivity index (χ0n) is 20.5. The maximum atomic E-state index is 11.9. The third-order valence-electron chi connectivity index (χ3n) is 5.07. The Labute approximate surface area is 220 Å². The minimum atomic E-state index is -0.364. The molecule has 0 saturated heterocycles. The van der Waals surface area contributed by atoms with Gasteiger partial charge in [-0.2, -0.15) is 0 Å². The van der Waals surface area contributed by atoms with Crippen molar-refractivity contribution in [1.29, 1.82) is 0 Å². The van der Waals surface area contributed by atoms with E-state index in [2.05, 4.69) is 20.8 Å². The molecule has 0 radical (unpaired) electrons. The third kappa shape index (κ3) is 6.69. The number of benzene rings is 3. The second-order valence-electron chi connectivity index (χ2n) is 7.49. The fourth-order valence-electron chi connectivity index (χ4n) is 3.29. The number of nitrogens with zero attached hydrogens (tertiary/aromatic N) is 4. The maximum absolute atomic E-state index is 11.9. The molecule has 0 aliphatic heterocycles. The van der Waals surface area contributed by atoms with Gasteiger partial charge in [-0.3, -0.25) is 0 Å². The fraction of sp³-hybridized carbons (Fsp3) is 0.148. The van der Waals surface area contributed by atoms with E-state index in [1.54, 1.807) is 51.6 Å². The van der Waals surface area contributed by atoms with E-state index in [0.29, 0.717) is 34.0 Å². The van der Waals surface area contributed by atoms with Crippen LogP contribution in [0.15, 0.2) is 88.1 Å². The Morgan fingerprint density at radius 3 is 2.43 bits per heavy atom. The molecule has 1 N–H and O–H groups in total. The first-order chi connectivity index (χ1) is 18.1. The van der Waals surface area contributed by atoms with E-state index >= 15 is 0 Å². The molecule has 188 valence electrons. The Hall–Kier alpha value is -4.27. The molecular weight excluding hydrogens is 537 g/mol. The first kappa shape index (κ1) is 25.8. The number of carbonyl (C=O) groups excluding carboxylic acids is 1. The first-order valence-electron chi connectivity index (χ1n) is 11.4. The standard InChI is InChI=1S/C27H25N5O4Se/c1-4-36-26(33)20-11-13-21(14-12-20)30-31-25-24(19-8-6-5-7-9-19)29-27(37-25)32-28-17-18-10-15-22(34-2)23(16-18)35-3/h5-17H,4H2,1-3H3,(H,29,32). The summed E-state index contributed by atoms with van der Waals surface area (Å²) < 4.78 is 17.1. The van der Waals surface area contributed by atoms with Gasteiger partial charge in [0, 0.05) is 0 Å². The van der Waals surface area contributed by atoms with Crippen LogP contribution in [0.1, 0.15) is 22.8 Å². The molecule has 0 amide bonds. The summed E-state index contributed by atoms with van der Waals surface area (Å²) in [5.74, 6) is 0.912. The molecule has 0 fully saturated rings. The molecule has 0 aliphatic rings. The number of carbonyl (C=O) groups is 1. The van der Waals surface area contributed by atoms with Crippen LogP contribution in [0.4, 0.5) is 14.9 Å². The van der Waals surface area contributed by atoms with Crippen LogP contribution in [-0.4, -0.2) is 52.5 Å². The molecule has 1 aromatic heterocycles. The van der Waals surface area contributed by atoms with E-state index < -0.39 is 0 Å². The zero-order valence-corrected chi connectivity index (χ0v) is 22.3. The van der Waals surface area contributed by atoms with Gasteiger partial charge in [-0.15, -0.1) is 0 Å². The third-order valence-corrected chi connectivity index (χ3v) is 6.84. The van der Waals surface area contributed by atoms with Crippen LogP contribution < -0.4 is 14.9 Å². The molecule has 4 aromatic rings. The Balaban J connectivity index is 1.54. The Morgan fingerprint density at radius 1 is 0.973 bits per heavy atom. The van der Waals surface area contributed by atoms with Crippen molar-refractivity contribution in [3.63, 3.8) is 0 Å². The molecule has 0 spiro atoms. The fourth-order valence-corrected chi connectivity index (χ4v) is 4.88. The van der Waals surface area contributed by atoms with Crippen molar-refractivity contribution in [2.75, 3.05) is 26.3 Å². The number of rotatable bonds is 10. The zero-order chi connectivity index (χ0) is 26.0. The Morgan fingerprint density at radius 2 is 1.73 bits per heavy atom. The van der Waals surface area contributed by atoms with Crippen LogP contribution in [0, 0.1) is 0 Å². The quantitative estimate of drug-likeness (QED) is 0.0853. The van der Waals surface area contributed by atoms with Crippen LogP contribution in [0.2, 0.25) is 0 Å². The number of hydrazone groups is 1. The summed E-state index contributed by atoms with van der Waals surface area (Å²) in [5.41, 5.74) is 6.66. The van der Waals surface area contributed by atoms with Crippen LogP contribution in [0.3, 0.4) is 0 Å². The first-order valence-corrected chi connectivity index (χ1v) is 13.1. The normalized spacial score (nSPS) is 11.1. The molecule has 37 heavy (non-hydrogen) atoms. The summed E-state index contributed by atoms with van der Waals surface area (Å²) in [7, 11) is 3.19. The molecule has 0 bridgehead atoms. The average molecular weight is 562 g/mol. The summed E-state index contributed by atoms with van der Waals surface area (Å²) in [4.78, 5) is 16.6. The van der Waals surface area contributed by atoms with E-state index in [-0.39, 0.29) is 20.5 Å². The van der Waals surface area contributed by atoms with Gasteiger partial charge in [0.05, 0.1) is 0 Å². The van der Waals surface area contributed by atoms with Gasteiger partial charge in [0.1, 0.15) is 0 Å². The molecule has 3 aromatic carbocycles. The van der Waals surface area contributed by atoms with Crippen molar-refractivity contribution in [2.24, 2.45) is 15.3 Å². The number of hydrogen-bond acceptors (Lipinski definition) is 9. The van der Waals surface area contributed by atoms with Crippen molar-refractivity contribution in [2.45, 2.75) is 6.92 Å². The van der Waals surface area contributed by atoms with Crippen LogP contribution in [0.25, 0.3) is 11.3 Å². The topological polar surface area (TPSA) is 107 Å². The monoisotopic (exact) mass is 563 g/mol. The Bertz CT molecular complexity index is 1400. The Kier molecular flexibility index (Phi) is 8.80. The van der Waals surface area contributed by atoms with E-state index in [1.165, 1.54) is 0 Å². The number of hydrogen-bond donors (Lipinski definition) is 1. The number of aromatic nitrogens is 1. The van der Waals surface area contributed by atoms with Crippen LogP contribution >= 0.6 is 0 Å². The minimum absolute atomic E-state index is 0.242. The second-order valence-corrected chi connectivity index (χ2v) is 9.54. The number of nitrogens with one attached hydrogen (secondary N) is 1. The number of esters is 1. The summed E-state index contributed by atoms with van der Waals surface area (Å²) in [6.07, 6.45) is 1.69. The van der Waals surface area contributed by atoms with Crippen molar-refractivity contribution in [3.8, 4) is 22.8 Å². The second kappa shape index (κ2) is 12.6. The SMILES string of the molecule is CCOC(=O)c1ccc(N=Nc2[se]c(NN=Cc3ccc(OC)c(OC)c3)nc2-c2ccccc2)cc1. The number of methoxy groups -OCH3 is 2. The van der Waals surface area contributed by atoms with Gasteiger partial charge in [-0.05, 0) is 0 Å². The van der Waals surface area contributed by atoms with Gasteiger partial charge in [0.15, 0.2) is 0 Å². The summed E-state index contributed by atoms with van der Waals surface area (Å²) in [5, 5.41) is 13.2. The number of ether oxygens (including phenoxy) is 3. The molecule has 0 aliphatic carbocycles. The van der Waals surface area contributed by atoms with E-state index in [0.717, 1.165) is 21.4 Å². The molecule has 0 atom stereocenters. The molecule has 0 saturated carbocycles. The van der Waals surface area contributed by atoms with Crippen molar-refractivity contribution in [3.05, 3.63) is 83.9 Å². The van der Waals surface area contributed by atoms with Crippen LogP contribution in [0.5, 0.6) is 11.5 Å². The van der Waals surface area contributed by atoms with Gasteiger partial charge in [-0.1, -0.05) is 0 Å². The number of anilines is 1. The van der Waals surface area contributed by atoms with Gasteiger partial charge in [-0.25, -0.2) is 0 Å². The molecule has 1 heterocycles. The molecule has 10 heteroatoms. The molecule has 4 rings (SSSR count). The van der Waals surface area contributed by atoms with E-state index in [9.17, 15) is 4.79 Å². The predicted molar refractivity (Wildman–Crippen MR) is 144 cm³/mol. The van der Waals surface area contributed by atoms with Gasteiger partial charge in [0.2, 0.25) is 0 Å².